The van der Waals surface area contributed by atoms with Crippen molar-refractivity contribution in [2.24, 2.45) is 5.92 Å². The number of pyridine rings is 2. The van der Waals surface area contributed by atoms with Crippen LogP contribution in [-0.4, -0.2) is 72.0 Å². The molecule has 2 saturated heterocycles. The number of aromatic nitrogens is 4. The highest BCUT2D eigenvalue weighted by atomic mass is 35.5. The number of halogens is 1. The number of piperidine rings is 1. The highest BCUT2D eigenvalue weighted by Crippen LogP contribution is 2.29. The number of sulfone groups is 1. The van der Waals surface area contributed by atoms with Crippen molar-refractivity contribution in [3.63, 3.8) is 0 Å². The van der Waals surface area contributed by atoms with Gasteiger partial charge < -0.3 is 15.1 Å². The van der Waals surface area contributed by atoms with Crippen LogP contribution < -0.4 is 10.2 Å². The number of anilines is 2. The van der Waals surface area contributed by atoms with Crippen LogP contribution in [0.15, 0.2) is 77.0 Å². The molecule has 3 aromatic heterocycles. The number of likely N-dealkylation sites (tertiary alicyclic amines) is 1. The second-order valence-corrected chi connectivity index (χ2v) is 12.2. The molecule has 0 spiro atoms. The number of nitrogens with one attached hydrogen (secondary N) is 1. The number of nitrogens with zero attached hydrogens (tertiary/aromatic N) is 6. The van der Waals surface area contributed by atoms with Gasteiger partial charge in [0.15, 0.2) is 10.8 Å². The fourth-order valence-corrected chi connectivity index (χ4v) is 6.54. The Labute approximate surface area is 226 Å². The van der Waals surface area contributed by atoms with Gasteiger partial charge in [0.1, 0.15) is 17.0 Å². The smallest absolute Gasteiger partial charge is 0.223 e. The van der Waals surface area contributed by atoms with Crippen molar-refractivity contribution in [2.45, 2.75) is 28.8 Å². The molecule has 0 aliphatic carbocycles. The first-order valence-corrected chi connectivity index (χ1v) is 14.6. The molecule has 9 nitrogen and oxygen atoms in total. The van der Waals surface area contributed by atoms with Crippen LogP contribution in [0.4, 0.5) is 11.5 Å². The van der Waals surface area contributed by atoms with Crippen LogP contribution in [0.25, 0.3) is 11.0 Å². The van der Waals surface area contributed by atoms with E-state index in [1.54, 1.807) is 36.7 Å². The van der Waals surface area contributed by atoms with E-state index >= 15 is 0 Å². The van der Waals surface area contributed by atoms with Gasteiger partial charge in [-0.2, -0.15) is 0 Å². The molecule has 5 heterocycles. The lowest BCUT2D eigenvalue weighted by Gasteiger charge is -2.44. The van der Waals surface area contributed by atoms with Crippen molar-refractivity contribution in [1.82, 2.24) is 24.8 Å². The first kappa shape index (κ1) is 25.0. The van der Waals surface area contributed by atoms with E-state index in [4.69, 9.17) is 11.6 Å². The van der Waals surface area contributed by atoms with Crippen LogP contribution in [-0.2, 0) is 9.84 Å². The third-order valence-electron chi connectivity index (χ3n) is 7.28. The average molecular weight is 550 g/mol. The monoisotopic (exact) mass is 549 g/mol. The van der Waals surface area contributed by atoms with E-state index in [-0.39, 0.29) is 9.92 Å². The molecule has 1 N–H and O–H groups in total. The Hall–Kier alpha value is -3.34. The first-order chi connectivity index (χ1) is 18.5. The minimum Gasteiger partial charge on any atom is -0.371 e. The predicted molar refractivity (Wildman–Crippen MR) is 147 cm³/mol. The molecule has 0 bridgehead atoms. The van der Waals surface area contributed by atoms with Crippen LogP contribution in [0.5, 0.6) is 0 Å². The van der Waals surface area contributed by atoms with E-state index in [9.17, 15) is 8.42 Å². The molecule has 0 amide bonds. The average Bonchev–Trinajstić information content (AvgIpc) is 2.92. The summed E-state index contributed by atoms with van der Waals surface area (Å²) < 4.78 is 25.5. The Kier molecular flexibility index (Phi) is 6.86. The van der Waals surface area contributed by atoms with E-state index in [1.807, 2.05) is 18.2 Å². The second-order valence-electron chi connectivity index (χ2n) is 9.88. The van der Waals surface area contributed by atoms with Crippen LogP contribution in [0.3, 0.4) is 0 Å². The molecule has 6 rings (SSSR count). The molecular weight excluding hydrogens is 522 g/mol. The lowest BCUT2D eigenvalue weighted by atomic mass is 9.96. The molecule has 2 aliphatic rings. The third kappa shape index (κ3) is 5.16. The van der Waals surface area contributed by atoms with E-state index in [0.29, 0.717) is 22.6 Å². The second kappa shape index (κ2) is 10.4. The zero-order valence-corrected chi connectivity index (χ0v) is 22.3. The highest BCUT2D eigenvalue weighted by Gasteiger charge is 2.30. The van der Waals surface area contributed by atoms with Crippen LogP contribution in [0.1, 0.15) is 12.8 Å². The zero-order chi connectivity index (χ0) is 26.1. The Morgan fingerprint density at radius 3 is 2.47 bits per heavy atom. The maximum absolute atomic E-state index is 12.8. The maximum atomic E-state index is 12.8. The van der Waals surface area contributed by atoms with Crippen molar-refractivity contribution >= 4 is 44.0 Å². The van der Waals surface area contributed by atoms with Crippen LogP contribution in [0.2, 0.25) is 5.15 Å². The molecule has 0 atom stereocenters. The summed E-state index contributed by atoms with van der Waals surface area (Å²) >= 11 is 6.09. The Morgan fingerprint density at radius 2 is 1.74 bits per heavy atom. The molecule has 0 radical (unpaired) electrons. The number of hydrogen-bond donors (Lipinski definition) is 1. The quantitative estimate of drug-likeness (QED) is 0.343. The molecule has 2 aliphatic heterocycles. The molecule has 38 heavy (non-hydrogen) atoms. The molecule has 0 unspecified atom stereocenters. The fourth-order valence-electron chi connectivity index (χ4n) is 5.20. The summed E-state index contributed by atoms with van der Waals surface area (Å²) in [6.07, 6.45) is 5.13. The standard InChI is InChI=1S/C27H28ClN7O2S/c28-24-9-8-23-26(33-24)27(31-18-30-23)32-20-10-13-34(14-11-20)15-19-16-35(17-19)21-4-6-22(7-5-21)38(36,37)25-3-1-2-12-29-25/h1-9,12,18-20H,10-11,13-17H2,(H,30,31,32). The molecule has 0 saturated carbocycles. The summed E-state index contributed by atoms with van der Waals surface area (Å²) in [5.74, 6) is 1.35. The number of fused-ring (bicyclic) bond motifs is 1. The van der Waals surface area contributed by atoms with Gasteiger partial charge >= 0.3 is 0 Å². The molecule has 11 heteroatoms. The SMILES string of the molecule is O=S(=O)(c1ccc(N2CC(CN3CCC(Nc4ncnc5ccc(Cl)nc45)CC3)C2)cc1)c1ccccn1. The van der Waals surface area contributed by atoms with Gasteiger partial charge in [-0.05, 0) is 61.4 Å². The lowest BCUT2D eigenvalue weighted by molar-refractivity contribution is 0.174. The zero-order valence-electron chi connectivity index (χ0n) is 20.7. The van der Waals surface area contributed by atoms with Gasteiger partial charge in [-0.3, -0.25) is 0 Å². The molecule has 1 aromatic carbocycles. The lowest BCUT2D eigenvalue weighted by Crippen LogP contribution is -2.53. The molecular formula is C27H28ClN7O2S. The minimum atomic E-state index is -3.60. The number of rotatable bonds is 7. The normalized spacial score (nSPS) is 17.4. The number of hydrogen-bond acceptors (Lipinski definition) is 9. The summed E-state index contributed by atoms with van der Waals surface area (Å²) in [5.41, 5.74) is 2.54. The van der Waals surface area contributed by atoms with Gasteiger partial charge in [0, 0.05) is 56.6 Å². The predicted octanol–water partition coefficient (Wildman–Crippen LogP) is 3.92. The van der Waals surface area contributed by atoms with Gasteiger partial charge in [-0.1, -0.05) is 17.7 Å². The largest absolute Gasteiger partial charge is 0.371 e. The Balaban J connectivity index is 0.983. The van der Waals surface area contributed by atoms with E-state index < -0.39 is 9.84 Å². The minimum absolute atomic E-state index is 0.0715. The van der Waals surface area contributed by atoms with Crippen molar-refractivity contribution < 1.29 is 8.42 Å². The summed E-state index contributed by atoms with van der Waals surface area (Å²) in [4.78, 5) is 22.2. The van der Waals surface area contributed by atoms with Gasteiger partial charge in [-0.15, -0.1) is 0 Å². The molecule has 196 valence electrons. The van der Waals surface area contributed by atoms with Gasteiger partial charge in [0.05, 0.1) is 10.4 Å². The molecule has 4 aromatic rings. The third-order valence-corrected chi connectivity index (χ3v) is 9.17. The van der Waals surface area contributed by atoms with E-state index in [0.717, 1.165) is 62.6 Å². The fraction of sp³-hybridized carbons (Fsp3) is 0.333. The summed E-state index contributed by atoms with van der Waals surface area (Å²) in [6, 6.07) is 16.0. The van der Waals surface area contributed by atoms with Gasteiger partial charge in [0.25, 0.3) is 0 Å². The Bertz CT molecular complexity index is 1520. The summed E-state index contributed by atoms with van der Waals surface area (Å²) in [7, 11) is -3.60. The van der Waals surface area contributed by atoms with Crippen LogP contribution in [0, 0.1) is 5.92 Å². The summed E-state index contributed by atoms with van der Waals surface area (Å²) in [6.45, 7) is 5.09. The van der Waals surface area contributed by atoms with E-state index in [1.165, 1.54) is 12.3 Å². The highest BCUT2D eigenvalue weighted by molar-refractivity contribution is 7.91. The Morgan fingerprint density at radius 1 is 0.947 bits per heavy atom. The van der Waals surface area contributed by atoms with Gasteiger partial charge in [0.2, 0.25) is 9.84 Å². The van der Waals surface area contributed by atoms with Crippen molar-refractivity contribution in [3.05, 3.63) is 72.3 Å². The van der Waals surface area contributed by atoms with Crippen molar-refractivity contribution in [3.8, 4) is 0 Å². The number of benzene rings is 1. The summed E-state index contributed by atoms with van der Waals surface area (Å²) in [5, 5.41) is 4.06. The molecule has 2 fully saturated rings. The first-order valence-electron chi connectivity index (χ1n) is 12.7. The topological polar surface area (TPSA) is 104 Å². The van der Waals surface area contributed by atoms with Crippen molar-refractivity contribution in [1.29, 1.82) is 0 Å². The van der Waals surface area contributed by atoms with Crippen molar-refractivity contribution in [2.75, 3.05) is 42.9 Å². The van der Waals surface area contributed by atoms with Crippen LogP contribution >= 0.6 is 11.6 Å². The van der Waals surface area contributed by atoms with E-state index in [2.05, 4.69) is 35.1 Å². The maximum Gasteiger partial charge on any atom is 0.223 e. The van der Waals surface area contributed by atoms with Gasteiger partial charge in [-0.25, -0.2) is 28.4 Å².